The molecule has 0 heterocycles. The maximum atomic E-state index is 5.72. The Labute approximate surface area is 56.5 Å². The molecule has 56 valence electrons. The van der Waals surface area contributed by atoms with Crippen LogP contribution in [0.25, 0.3) is 0 Å². The lowest BCUT2D eigenvalue weighted by Gasteiger charge is -2.25. The molecule has 0 fully saturated rings. The van der Waals surface area contributed by atoms with Gasteiger partial charge in [-0.1, -0.05) is 13.8 Å². The number of hydroxylamine groups is 1. The Morgan fingerprint density at radius 3 is 2.00 bits per heavy atom. The van der Waals surface area contributed by atoms with Gasteiger partial charge in [-0.25, -0.2) is 5.48 Å². The van der Waals surface area contributed by atoms with Crippen LogP contribution in [0.1, 0.15) is 26.7 Å². The van der Waals surface area contributed by atoms with E-state index < -0.39 is 5.72 Å². The summed E-state index contributed by atoms with van der Waals surface area (Å²) >= 11 is 0. The third-order valence-electron chi connectivity index (χ3n) is 1.50. The Balaban J connectivity index is 3.62. The summed E-state index contributed by atoms with van der Waals surface area (Å²) in [5.74, 6) is 0. The highest BCUT2D eigenvalue weighted by Gasteiger charge is 2.19. The second kappa shape index (κ2) is 3.82. The van der Waals surface area contributed by atoms with E-state index in [0.717, 1.165) is 12.8 Å². The van der Waals surface area contributed by atoms with Crippen molar-refractivity contribution in [1.29, 1.82) is 0 Å². The highest BCUT2D eigenvalue weighted by molar-refractivity contribution is 4.66. The Bertz CT molecular complexity index is 71.5. The molecule has 0 aliphatic carbocycles. The fraction of sp³-hybridized carbons (Fsp3) is 1.00. The summed E-state index contributed by atoms with van der Waals surface area (Å²) in [6.07, 6.45) is 1.65. The van der Waals surface area contributed by atoms with Crippen molar-refractivity contribution in [2.45, 2.75) is 32.4 Å². The van der Waals surface area contributed by atoms with Gasteiger partial charge in [0.1, 0.15) is 5.72 Å². The summed E-state index contributed by atoms with van der Waals surface area (Å²) in [6.45, 7) is 4.00. The lowest BCUT2D eigenvalue weighted by atomic mass is 10.1. The molecular formula is C6H16N2O. The predicted octanol–water partition coefficient (Wildman–Crippen LogP) is 0.612. The smallest absolute Gasteiger partial charge is 0.137 e. The number of nitrogens with one attached hydrogen (secondary N) is 1. The molecule has 0 atom stereocenters. The standard InChI is InChI=1S/C6H16N2O/c1-4-6(7,5-2)9-8-3/h8H,4-5,7H2,1-3H3. The molecule has 3 nitrogen and oxygen atoms in total. The summed E-state index contributed by atoms with van der Waals surface area (Å²) in [5.41, 5.74) is 7.83. The normalized spacial score (nSPS) is 12.0. The summed E-state index contributed by atoms with van der Waals surface area (Å²) in [4.78, 5) is 5.06. The van der Waals surface area contributed by atoms with Crippen molar-refractivity contribution < 1.29 is 4.84 Å². The van der Waals surface area contributed by atoms with Gasteiger partial charge in [-0.05, 0) is 12.8 Å². The Kier molecular flexibility index (Phi) is 3.77. The predicted molar refractivity (Wildman–Crippen MR) is 37.6 cm³/mol. The van der Waals surface area contributed by atoms with Crippen LogP contribution in [0.5, 0.6) is 0 Å². The first-order chi connectivity index (χ1) is 4.18. The maximum absolute atomic E-state index is 5.72. The molecular weight excluding hydrogens is 116 g/mol. The van der Waals surface area contributed by atoms with E-state index in [4.69, 9.17) is 10.6 Å². The van der Waals surface area contributed by atoms with Crippen molar-refractivity contribution in [3.05, 3.63) is 0 Å². The molecule has 0 saturated carbocycles. The van der Waals surface area contributed by atoms with Crippen molar-refractivity contribution >= 4 is 0 Å². The van der Waals surface area contributed by atoms with Gasteiger partial charge in [0, 0.05) is 7.05 Å². The van der Waals surface area contributed by atoms with E-state index in [0.29, 0.717) is 0 Å². The average molecular weight is 132 g/mol. The van der Waals surface area contributed by atoms with Gasteiger partial charge < -0.3 is 5.73 Å². The van der Waals surface area contributed by atoms with Crippen LogP contribution < -0.4 is 11.2 Å². The fourth-order valence-corrected chi connectivity index (χ4v) is 0.598. The first-order valence-electron chi connectivity index (χ1n) is 3.32. The molecule has 0 aliphatic rings. The van der Waals surface area contributed by atoms with E-state index in [9.17, 15) is 0 Å². The third-order valence-corrected chi connectivity index (χ3v) is 1.50. The topological polar surface area (TPSA) is 47.3 Å². The van der Waals surface area contributed by atoms with Crippen LogP contribution in [-0.2, 0) is 4.84 Å². The van der Waals surface area contributed by atoms with E-state index in [2.05, 4.69) is 5.48 Å². The minimum Gasteiger partial charge on any atom is -0.302 e. The zero-order chi connectivity index (χ0) is 7.33. The second-order valence-corrected chi connectivity index (χ2v) is 2.08. The number of rotatable bonds is 4. The van der Waals surface area contributed by atoms with Crippen molar-refractivity contribution in [2.75, 3.05) is 7.05 Å². The number of hydrogen-bond acceptors (Lipinski definition) is 3. The Hall–Kier alpha value is -0.120. The monoisotopic (exact) mass is 132 g/mol. The van der Waals surface area contributed by atoms with E-state index in [1.54, 1.807) is 7.05 Å². The van der Waals surface area contributed by atoms with Gasteiger partial charge in [0.2, 0.25) is 0 Å². The molecule has 0 aromatic carbocycles. The van der Waals surface area contributed by atoms with Crippen LogP contribution in [-0.4, -0.2) is 12.8 Å². The summed E-state index contributed by atoms with van der Waals surface area (Å²) in [7, 11) is 1.72. The molecule has 0 aromatic heterocycles. The molecule has 0 aromatic rings. The second-order valence-electron chi connectivity index (χ2n) is 2.08. The van der Waals surface area contributed by atoms with Gasteiger partial charge in [-0.2, -0.15) is 0 Å². The Morgan fingerprint density at radius 1 is 1.44 bits per heavy atom. The molecule has 0 saturated heterocycles. The van der Waals surface area contributed by atoms with E-state index in [1.807, 2.05) is 13.8 Å². The molecule has 0 amide bonds. The van der Waals surface area contributed by atoms with Gasteiger partial charge in [-0.3, -0.25) is 4.84 Å². The highest BCUT2D eigenvalue weighted by Crippen LogP contribution is 2.09. The van der Waals surface area contributed by atoms with E-state index in [-0.39, 0.29) is 0 Å². The van der Waals surface area contributed by atoms with Crippen molar-refractivity contribution in [3.63, 3.8) is 0 Å². The molecule has 3 N–H and O–H groups in total. The van der Waals surface area contributed by atoms with Crippen LogP contribution in [0.15, 0.2) is 0 Å². The molecule has 0 aliphatic heterocycles. The number of hydrogen-bond donors (Lipinski definition) is 2. The first kappa shape index (κ1) is 8.88. The van der Waals surface area contributed by atoms with Crippen LogP contribution in [0.4, 0.5) is 0 Å². The fourth-order valence-electron chi connectivity index (χ4n) is 0.598. The van der Waals surface area contributed by atoms with E-state index in [1.165, 1.54) is 0 Å². The molecule has 0 spiro atoms. The van der Waals surface area contributed by atoms with Gasteiger partial charge in [0.05, 0.1) is 0 Å². The average Bonchev–Trinajstić information content (AvgIpc) is 1.89. The maximum Gasteiger partial charge on any atom is 0.137 e. The lowest BCUT2D eigenvalue weighted by Crippen LogP contribution is -2.44. The van der Waals surface area contributed by atoms with Gasteiger partial charge in [0.25, 0.3) is 0 Å². The molecule has 0 bridgehead atoms. The largest absolute Gasteiger partial charge is 0.302 e. The van der Waals surface area contributed by atoms with E-state index >= 15 is 0 Å². The number of nitrogens with two attached hydrogens (primary N) is 1. The summed E-state index contributed by atoms with van der Waals surface area (Å²) in [6, 6.07) is 0. The van der Waals surface area contributed by atoms with Crippen molar-refractivity contribution in [1.82, 2.24) is 5.48 Å². The molecule has 0 radical (unpaired) electrons. The molecule has 9 heavy (non-hydrogen) atoms. The van der Waals surface area contributed by atoms with Gasteiger partial charge >= 0.3 is 0 Å². The lowest BCUT2D eigenvalue weighted by molar-refractivity contribution is -0.0984. The zero-order valence-corrected chi connectivity index (χ0v) is 6.40. The molecule has 0 unspecified atom stereocenters. The van der Waals surface area contributed by atoms with Crippen LogP contribution >= 0.6 is 0 Å². The minimum absolute atomic E-state index is 0.477. The van der Waals surface area contributed by atoms with Crippen molar-refractivity contribution in [3.8, 4) is 0 Å². The van der Waals surface area contributed by atoms with Crippen LogP contribution in [0.3, 0.4) is 0 Å². The van der Waals surface area contributed by atoms with Crippen molar-refractivity contribution in [2.24, 2.45) is 5.73 Å². The quantitative estimate of drug-likeness (QED) is 0.435. The zero-order valence-electron chi connectivity index (χ0n) is 6.40. The highest BCUT2D eigenvalue weighted by atomic mass is 16.7. The Morgan fingerprint density at radius 2 is 1.89 bits per heavy atom. The summed E-state index contributed by atoms with van der Waals surface area (Å²) < 4.78 is 0. The molecule has 3 heteroatoms. The van der Waals surface area contributed by atoms with Crippen LogP contribution in [0, 0.1) is 0 Å². The third kappa shape index (κ3) is 2.79. The van der Waals surface area contributed by atoms with Gasteiger partial charge in [0.15, 0.2) is 0 Å². The first-order valence-corrected chi connectivity index (χ1v) is 3.32. The SMILES string of the molecule is CCC(N)(CC)ONC. The van der Waals surface area contributed by atoms with Crippen LogP contribution in [0.2, 0.25) is 0 Å². The minimum atomic E-state index is -0.477. The van der Waals surface area contributed by atoms with Gasteiger partial charge in [-0.15, -0.1) is 0 Å². The summed E-state index contributed by atoms with van der Waals surface area (Å²) in [5, 5.41) is 0. The molecule has 0 rings (SSSR count).